The van der Waals surface area contributed by atoms with E-state index in [0.29, 0.717) is 30.5 Å². The van der Waals surface area contributed by atoms with Crippen LogP contribution < -0.4 is 15.4 Å². The summed E-state index contributed by atoms with van der Waals surface area (Å²) in [6.45, 7) is 11.2. The fourth-order valence-electron chi connectivity index (χ4n) is 3.37. The molecule has 0 fully saturated rings. The first kappa shape index (κ1) is 29.6. The number of thiocarbonyl (C=S) groups is 1. The van der Waals surface area contributed by atoms with Crippen LogP contribution in [0.5, 0.6) is 0 Å². The molecule has 0 aliphatic carbocycles. The second-order valence-corrected chi connectivity index (χ2v) is 12.5. The van der Waals surface area contributed by atoms with Crippen LogP contribution in [0.3, 0.4) is 0 Å². The van der Waals surface area contributed by atoms with Crippen LogP contribution in [-0.2, 0) is 32.5 Å². The van der Waals surface area contributed by atoms with E-state index in [0.717, 1.165) is 24.7 Å². The lowest BCUT2D eigenvalue weighted by Gasteiger charge is -2.22. The van der Waals surface area contributed by atoms with Crippen LogP contribution in [0.2, 0.25) is 0 Å². The summed E-state index contributed by atoms with van der Waals surface area (Å²) in [4.78, 5) is 12.3. The van der Waals surface area contributed by atoms with Crippen molar-refractivity contribution >= 4 is 39.0 Å². The quantitative estimate of drug-likeness (QED) is 0.290. The third kappa shape index (κ3) is 11.0. The molecule has 0 aliphatic heterocycles. The Kier molecular flexibility index (Phi) is 10.7. The van der Waals surface area contributed by atoms with Crippen LogP contribution in [0.25, 0.3) is 0 Å². The molecule has 0 radical (unpaired) electrons. The van der Waals surface area contributed by atoms with Crippen LogP contribution in [0.4, 0.5) is 5.69 Å². The summed E-state index contributed by atoms with van der Waals surface area (Å²) in [6, 6.07) is 13.6. The zero-order valence-corrected chi connectivity index (χ0v) is 23.7. The van der Waals surface area contributed by atoms with Crippen molar-refractivity contribution in [2.45, 2.75) is 54.0 Å². The Balaban J connectivity index is 1.90. The Morgan fingerprint density at radius 1 is 1.00 bits per heavy atom. The Labute approximate surface area is 221 Å². The second-order valence-electron chi connectivity index (χ2n) is 10.3. The third-order valence-electron chi connectivity index (χ3n) is 5.74. The van der Waals surface area contributed by atoms with Gasteiger partial charge in [0.25, 0.3) is 0 Å². The number of carbonyl (C=O) groups excluding carboxylic acids is 1. The van der Waals surface area contributed by atoms with Gasteiger partial charge in [0.15, 0.2) is 5.11 Å². The van der Waals surface area contributed by atoms with Crippen molar-refractivity contribution in [2.24, 2.45) is 11.3 Å². The van der Waals surface area contributed by atoms with Crippen LogP contribution in [-0.4, -0.2) is 38.9 Å². The van der Waals surface area contributed by atoms with Crippen molar-refractivity contribution in [1.29, 1.82) is 0 Å². The maximum absolute atomic E-state index is 12.3. The zero-order chi connectivity index (χ0) is 26.9. The summed E-state index contributed by atoms with van der Waals surface area (Å²) in [5.41, 5.74) is 4.73. The number of esters is 1. The molecule has 2 aromatic rings. The SMILES string of the molecule is Cc1ccc(CCC(CNC(=S)NCc2ccc(NS(C)(=O)=O)cc2)COC(=O)C(C)(C)C)cc1C. The van der Waals surface area contributed by atoms with Crippen molar-refractivity contribution in [3.05, 3.63) is 64.7 Å². The van der Waals surface area contributed by atoms with Crippen LogP contribution in [0.1, 0.15) is 49.4 Å². The zero-order valence-electron chi connectivity index (χ0n) is 22.1. The molecule has 9 heteroatoms. The van der Waals surface area contributed by atoms with Gasteiger partial charge in [-0.2, -0.15) is 0 Å². The molecular weight excluding hydrogens is 494 g/mol. The third-order valence-corrected chi connectivity index (χ3v) is 6.63. The predicted octanol–water partition coefficient (Wildman–Crippen LogP) is 4.48. The molecule has 3 N–H and O–H groups in total. The first-order chi connectivity index (χ1) is 16.7. The van der Waals surface area contributed by atoms with Gasteiger partial charge < -0.3 is 15.4 Å². The van der Waals surface area contributed by atoms with E-state index < -0.39 is 15.4 Å². The Hall–Kier alpha value is -2.65. The lowest BCUT2D eigenvalue weighted by atomic mass is 9.96. The minimum absolute atomic E-state index is 0.0963. The molecule has 2 rings (SSSR count). The first-order valence-corrected chi connectivity index (χ1v) is 14.3. The van der Waals surface area contributed by atoms with Crippen molar-refractivity contribution < 1.29 is 17.9 Å². The molecule has 0 aliphatic rings. The van der Waals surface area contributed by atoms with E-state index in [2.05, 4.69) is 47.4 Å². The molecule has 2 aromatic carbocycles. The van der Waals surface area contributed by atoms with E-state index in [1.165, 1.54) is 16.7 Å². The normalized spacial score (nSPS) is 12.5. The number of benzene rings is 2. The van der Waals surface area contributed by atoms with Crippen LogP contribution in [0.15, 0.2) is 42.5 Å². The Morgan fingerprint density at radius 3 is 2.22 bits per heavy atom. The molecule has 1 unspecified atom stereocenters. The molecule has 7 nitrogen and oxygen atoms in total. The van der Waals surface area contributed by atoms with E-state index >= 15 is 0 Å². The highest BCUT2D eigenvalue weighted by Gasteiger charge is 2.24. The van der Waals surface area contributed by atoms with Crippen molar-refractivity contribution in [2.75, 3.05) is 24.1 Å². The van der Waals surface area contributed by atoms with E-state index in [1.807, 2.05) is 32.9 Å². The fourth-order valence-corrected chi connectivity index (χ4v) is 4.09. The minimum atomic E-state index is -3.30. The second kappa shape index (κ2) is 13.1. The molecule has 0 spiro atoms. The summed E-state index contributed by atoms with van der Waals surface area (Å²) in [5.74, 6) is -0.118. The molecule has 198 valence electrons. The lowest BCUT2D eigenvalue weighted by Crippen LogP contribution is -2.39. The molecule has 0 bridgehead atoms. The van der Waals surface area contributed by atoms with Gasteiger partial charge in [0.05, 0.1) is 18.3 Å². The van der Waals surface area contributed by atoms with Crippen molar-refractivity contribution in [1.82, 2.24) is 10.6 Å². The van der Waals surface area contributed by atoms with Crippen LogP contribution in [0, 0.1) is 25.2 Å². The van der Waals surface area contributed by atoms with Gasteiger partial charge in [-0.1, -0.05) is 30.3 Å². The number of nitrogens with one attached hydrogen (secondary N) is 3. The summed E-state index contributed by atoms with van der Waals surface area (Å²) < 4.78 is 30.7. The number of ether oxygens (including phenoxy) is 1. The van der Waals surface area contributed by atoms with Gasteiger partial charge in [0, 0.05) is 24.7 Å². The molecular formula is C27H39N3O4S2. The van der Waals surface area contributed by atoms with E-state index in [1.54, 1.807) is 12.1 Å². The maximum Gasteiger partial charge on any atom is 0.311 e. The highest BCUT2D eigenvalue weighted by atomic mass is 32.2. The molecule has 1 atom stereocenters. The summed E-state index contributed by atoms with van der Waals surface area (Å²) in [5, 5.41) is 6.93. The number of rotatable bonds is 11. The van der Waals surface area contributed by atoms with E-state index in [9.17, 15) is 13.2 Å². The van der Waals surface area contributed by atoms with Gasteiger partial charge in [-0.15, -0.1) is 0 Å². The lowest BCUT2D eigenvalue weighted by molar-refractivity contribution is -0.154. The predicted molar refractivity (Wildman–Crippen MR) is 150 cm³/mol. The molecule has 36 heavy (non-hydrogen) atoms. The van der Waals surface area contributed by atoms with Crippen molar-refractivity contribution in [3.8, 4) is 0 Å². The summed E-state index contributed by atoms with van der Waals surface area (Å²) in [7, 11) is -3.30. The van der Waals surface area contributed by atoms with Gasteiger partial charge in [0.1, 0.15) is 0 Å². The molecule has 0 heterocycles. The van der Waals surface area contributed by atoms with Gasteiger partial charge in [-0.05, 0) is 94.1 Å². The Morgan fingerprint density at radius 2 is 1.64 bits per heavy atom. The number of aryl methyl sites for hydroxylation is 3. The average molecular weight is 534 g/mol. The number of hydrogen-bond acceptors (Lipinski definition) is 5. The average Bonchev–Trinajstić information content (AvgIpc) is 2.78. The van der Waals surface area contributed by atoms with Crippen LogP contribution >= 0.6 is 12.2 Å². The van der Waals surface area contributed by atoms with E-state index in [4.69, 9.17) is 17.0 Å². The number of sulfonamides is 1. The van der Waals surface area contributed by atoms with Gasteiger partial charge in [-0.3, -0.25) is 9.52 Å². The monoisotopic (exact) mass is 533 g/mol. The summed E-state index contributed by atoms with van der Waals surface area (Å²) in [6.07, 6.45) is 2.85. The largest absolute Gasteiger partial charge is 0.465 e. The Bertz CT molecular complexity index is 1140. The number of carbonyl (C=O) groups is 1. The smallest absolute Gasteiger partial charge is 0.311 e. The topological polar surface area (TPSA) is 96.5 Å². The van der Waals surface area contributed by atoms with Crippen molar-refractivity contribution in [3.63, 3.8) is 0 Å². The molecule has 0 aromatic heterocycles. The molecule has 0 saturated heterocycles. The summed E-state index contributed by atoms with van der Waals surface area (Å²) >= 11 is 5.45. The standard InChI is InChI=1S/C27H39N3O4S2/c1-19-7-8-21(15-20(19)2)9-10-23(18-34-25(31)27(3,4)5)17-29-26(35)28-16-22-11-13-24(14-12-22)30-36(6,32)33/h7-8,11-15,23,30H,9-10,16-18H2,1-6H3,(H2,28,29,35). The first-order valence-electron chi connectivity index (χ1n) is 12.0. The van der Waals surface area contributed by atoms with E-state index in [-0.39, 0.29) is 11.9 Å². The molecule has 0 amide bonds. The maximum atomic E-state index is 12.3. The number of anilines is 1. The van der Waals surface area contributed by atoms with Gasteiger partial charge in [0.2, 0.25) is 10.0 Å². The van der Waals surface area contributed by atoms with Gasteiger partial charge >= 0.3 is 5.97 Å². The molecule has 0 saturated carbocycles. The fraction of sp³-hybridized carbons (Fsp3) is 0.481. The highest BCUT2D eigenvalue weighted by molar-refractivity contribution is 7.92. The highest BCUT2D eigenvalue weighted by Crippen LogP contribution is 2.18. The minimum Gasteiger partial charge on any atom is -0.465 e. The van der Waals surface area contributed by atoms with Gasteiger partial charge in [-0.25, -0.2) is 8.42 Å². The number of hydrogen-bond donors (Lipinski definition) is 3.